The van der Waals surface area contributed by atoms with Crippen LogP contribution in [0.15, 0.2) is 12.7 Å². The first-order valence-electron chi connectivity index (χ1n) is 4.83. The van der Waals surface area contributed by atoms with E-state index in [4.69, 9.17) is 5.26 Å². The number of hydrogen-bond acceptors (Lipinski definition) is 2. The van der Waals surface area contributed by atoms with Crippen LogP contribution >= 0.6 is 0 Å². The Balaban J connectivity index is 2.57. The molecule has 0 aromatic heterocycles. The second-order valence-electron chi connectivity index (χ2n) is 4.44. The summed E-state index contributed by atoms with van der Waals surface area (Å²) in [6, 6.07) is 2.26. The molecular weight excluding hydrogens is 160 g/mol. The highest BCUT2D eigenvalue weighted by atomic mass is 15.2. The molecule has 2 nitrogen and oxygen atoms in total. The number of nitriles is 1. The minimum Gasteiger partial charge on any atom is -0.294 e. The Morgan fingerprint density at radius 3 is 2.92 bits per heavy atom. The van der Waals surface area contributed by atoms with Gasteiger partial charge in [0.2, 0.25) is 0 Å². The fraction of sp³-hybridized carbons (Fsp3) is 0.727. The lowest BCUT2D eigenvalue weighted by Gasteiger charge is -2.30. The van der Waals surface area contributed by atoms with Crippen LogP contribution in [0.1, 0.15) is 26.7 Å². The van der Waals surface area contributed by atoms with Crippen molar-refractivity contribution in [3.63, 3.8) is 0 Å². The summed E-state index contributed by atoms with van der Waals surface area (Å²) in [6.07, 6.45) is 3.77. The first-order chi connectivity index (χ1) is 6.10. The summed E-state index contributed by atoms with van der Waals surface area (Å²) in [7, 11) is 0. The van der Waals surface area contributed by atoms with Crippen molar-refractivity contribution in [1.82, 2.24) is 4.90 Å². The van der Waals surface area contributed by atoms with E-state index in [-0.39, 0.29) is 5.54 Å². The highest BCUT2D eigenvalue weighted by molar-refractivity contribution is 4.97. The SMILES string of the molecule is C=CCN1CC(CC#N)CC1(C)C. The van der Waals surface area contributed by atoms with Gasteiger partial charge in [-0.1, -0.05) is 6.08 Å². The lowest BCUT2D eigenvalue weighted by atomic mass is 9.95. The number of likely N-dealkylation sites (tertiary alicyclic amines) is 1. The molecule has 1 saturated heterocycles. The third-order valence-corrected chi connectivity index (χ3v) is 2.85. The summed E-state index contributed by atoms with van der Waals surface area (Å²) in [4.78, 5) is 2.40. The Morgan fingerprint density at radius 2 is 2.38 bits per heavy atom. The zero-order valence-corrected chi connectivity index (χ0v) is 8.58. The fourth-order valence-electron chi connectivity index (χ4n) is 2.20. The van der Waals surface area contributed by atoms with Gasteiger partial charge in [-0.05, 0) is 26.2 Å². The molecular formula is C11H18N2. The smallest absolute Gasteiger partial charge is 0.0625 e. The molecule has 0 aliphatic carbocycles. The van der Waals surface area contributed by atoms with Crippen molar-refractivity contribution in [2.24, 2.45) is 5.92 Å². The van der Waals surface area contributed by atoms with Gasteiger partial charge in [-0.2, -0.15) is 5.26 Å². The molecule has 1 atom stereocenters. The Labute approximate surface area is 80.8 Å². The van der Waals surface area contributed by atoms with E-state index in [1.165, 1.54) is 0 Å². The van der Waals surface area contributed by atoms with Crippen LogP contribution in [0, 0.1) is 17.2 Å². The average molecular weight is 178 g/mol. The predicted octanol–water partition coefficient (Wildman–Crippen LogP) is 2.19. The minimum absolute atomic E-state index is 0.246. The van der Waals surface area contributed by atoms with Crippen LogP contribution < -0.4 is 0 Å². The van der Waals surface area contributed by atoms with Gasteiger partial charge >= 0.3 is 0 Å². The first kappa shape index (κ1) is 10.3. The highest BCUT2D eigenvalue weighted by Gasteiger charge is 2.36. The zero-order valence-electron chi connectivity index (χ0n) is 8.58. The Morgan fingerprint density at radius 1 is 1.69 bits per heavy atom. The number of hydrogen-bond donors (Lipinski definition) is 0. The summed E-state index contributed by atoms with van der Waals surface area (Å²) in [5.74, 6) is 0.556. The topological polar surface area (TPSA) is 27.0 Å². The second-order valence-corrected chi connectivity index (χ2v) is 4.44. The fourth-order valence-corrected chi connectivity index (χ4v) is 2.20. The third-order valence-electron chi connectivity index (χ3n) is 2.85. The molecule has 1 aliphatic rings. The van der Waals surface area contributed by atoms with Gasteiger partial charge in [-0.15, -0.1) is 6.58 Å². The molecule has 0 N–H and O–H groups in total. The van der Waals surface area contributed by atoms with Crippen LogP contribution in [0.4, 0.5) is 0 Å². The van der Waals surface area contributed by atoms with E-state index >= 15 is 0 Å². The molecule has 0 aromatic carbocycles. The monoisotopic (exact) mass is 178 g/mol. The van der Waals surface area contributed by atoms with Gasteiger partial charge in [0.25, 0.3) is 0 Å². The molecule has 0 radical (unpaired) electrons. The van der Waals surface area contributed by atoms with Crippen LogP contribution in [-0.4, -0.2) is 23.5 Å². The lowest BCUT2D eigenvalue weighted by Crippen LogP contribution is -2.37. The molecule has 0 bridgehead atoms. The van der Waals surface area contributed by atoms with Crippen molar-refractivity contribution in [2.75, 3.05) is 13.1 Å². The Bertz CT molecular complexity index is 225. The maximum absolute atomic E-state index is 8.62. The number of nitrogens with zero attached hydrogens (tertiary/aromatic N) is 2. The molecule has 1 unspecified atom stereocenters. The van der Waals surface area contributed by atoms with Crippen molar-refractivity contribution in [1.29, 1.82) is 5.26 Å². The molecule has 13 heavy (non-hydrogen) atoms. The molecule has 0 aromatic rings. The highest BCUT2D eigenvalue weighted by Crippen LogP contribution is 2.33. The van der Waals surface area contributed by atoms with Crippen LogP contribution in [0.2, 0.25) is 0 Å². The van der Waals surface area contributed by atoms with Gasteiger partial charge < -0.3 is 0 Å². The van der Waals surface area contributed by atoms with E-state index in [9.17, 15) is 0 Å². The van der Waals surface area contributed by atoms with E-state index in [1.807, 2.05) is 6.08 Å². The first-order valence-corrected chi connectivity index (χ1v) is 4.83. The maximum Gasteiger partial charge on any atom is 0.0625 e. The largest absolute Gasteiger partial charge is 0.294 e. The van der Waals surface area contributed by atoms with Crippen LogP contribution in [0.25, 0.3) is 0 Å². The molecule has 0 saturated carbocycles. The van der Waals surface area contributed by atoms with Gasteiger partial charge in [-0.3, -0.25) is 4.90 Å². The van der Waals surface area contributed by atoms with Crippen molar-refractivity contribution >= 4 is 0 Å². The standard InChI is InChI=1S/C11H18N2/c1-4-7-13-9-10(5-6-12)8-11(13,2)3/h4,10H,1,5,7-9H2,2-3H3. The minimum atomic E-state index is 0.246. The third kappa shape index (κ3) is 2.32. The summed E-state index contributed by atoms with van der Waals surface area (Å²) < 4.78 is 0. The molecule has 1 rings (SSSR count). The van der Waals surface area contributed by atoms with Crippen molar-refractivity contribution in [2.45, 2.75) is 32.2 Å². The van der Waals surface area contributed by atoms with E-state index in [1.54, 1.807) is 0 Å². The molecule has 1 fully saturated rings. The van der Waals surface area contributed by atoms with Crippen molar-refractivity contribution < 1.29 is 0 Å². The second kappa shape index (κ2) is 3.93. The van der Waals surface area contributed by atoms with E-state index < -0.39 is 0 Å². The molecule has 72 valence electrons. The van der Waals surface area contributed by atoms with E-state index in [0.717, 1.165) is 19.5 Å². The summed E-state index contributed by atoms with van der Waals surface area (Å²) in [5.41, 5.74) is 0.246. The predicted molar refractivity (Wildman–Crippen MR) is 54.2 cm³/mol. The normalized spacial score (nSPS) is 27.0. The van der Waals surface area contributed by atoms with Crippen LogP contribution in [0.3, 0.4) is 0 Å². The molecule has 0 spiro atoms. The lowest BCUT2D eigenvalue weighted by molar-refractivity contribution is 0.195. The van der Waals surface area contributed by atoms with Gasteiger partial charge in [0.15, 0.2) is 0 Å². The van der Waals surface area contributed by atoms with Crippen LogP contribution in [-0.2, 0) is 0 Å². The number of rotatable bonds is 3. The summed E-state index contributed by atoms with van der Waals surface area (Å²) >= 11 is 0. The van der Waals surface area contributed by atoms with Gasteiger partial charge in [-0.25, -0.2) is 0 Å². The van der Waals surface area contributed by atoms with Crippen molar-refractivity contribution in [3.05, 3.63) is 12.7 Å². The van der Waals surface area contributed by atoms with Crippen molar-refractivity contribution in [3.8, 4) is 6.07 Å². The molecule has 2 heteroatoms. The van der Waals surface area contributed by atoms with Gasteiger partial charge in [0.05, 0.1) is 6.07 Å². The van der Waals surface area contributed by atoms with E-state index in [0.29, 0.717) is 12.3 Å². The maximum atomic E-state index is 8.62. The molecule has 1 aliphatic heterocycles. The molecule has 0 amide bonds. The molecule has 1 heterocycles. The Hall–Kier alpha value is -0.810. The quantitative estimate of drug-likeness (QED) is 0.619. The summed E-state index contributed by atoms with van der Waals surface area (Å²) in [5, 5.41) is 8.62. The van der Waals surface area contributed by atoms with Gasteiger partial charge in [0.1, 0.15) is 0 Å². The average Bonchev–Trinajstić information content (AvgIpc) is 2.28. The van der Waals surface area contributed by atoms with Crippen LogP contribution in [0.5, 0.6) is 0 Å². The van der Waals surface area contributed by atoms with Gasteiger partial charge in [0, 0.05) is 25.0 Å². The Kier molecular flexibility index (Phi) is 3.11. The summed E-state index contributed by atoms with van der Waals surface area (Å²) in [6.45, 7) is 10.2. The zero-order chi connectivity index (χ0) is 9.90. The van der Waals surface area contributed by atoms with E-state index in [2.05, 4.69) is 31.4 Å².